The van der Waals surface area contributed by atoms with Gasteiger partial charge in [0.15, 0.2) is 0 Å². The molecule has 1 aromatic heterocycles. The minimum Gasteiger partial charge on any atom is -0.497 e. The zero-order valence-corrected chi connectivity index (χ0v) is 17.3. The number of ether oxygens (including phenoxy) is 1. The fraction of sp³-hybridized carbons (Fsp3) is 0.100. The molecule has 150 valence electrons. The van der Waals surface area contributed by atoms with Crippen molar-refractivity contribution in [3.05, 3.63) is 77.6 Å². The van der Waals surface area contributed by atoms with Gasteiger partial charge in [0.25, 0.3) is 10.0 Å². The third kappa shape index (κ3) is 5.24. The molecule has 3 aromatic rings. The quantitative estimate of drug-likeness (QED) is 0.428. The van der Waals surface area contributed by atoms with E-state index in [1.54, 1.807) is 62.7 Å². The van der Waals surface area contributed by atoms with Crippen molar-refractivity contribution in [3.63, 3.8) is 0 Å². The number of methoxy groups -OCH3 is 1. The van der Waals surface area contributed by atoms with Gasteiger partial charge in [-0.15, -0.1) is 0 Å². The number of hydrazone groups is 1. The lowest BCUT2D eigenvalue weighted by molar-refractivity contribution is 0.415. The Morgan fingerprint density at radius 1 is 1.07 bits per heavy atom. The smallest absolute Gasteiger partial charge is 0.261 e. The van der Waals surface area contributed by atoms with E-state index in [9.17, 15) is 8.42 Å². The van der Waals surface area contributed by atoms with Gasteiger partial charge in [0, 0.05) is 18.1 Å². The zero-order valence-electron chi connectivity index (χ0n) is 15.8. The van der Waals surface area contributed by atoms with Crippen LogP contribution in [0.15, 0.2) is 77.0 Å². The molecule has 0 fully saturated rings. The van der Waals surface area contributed by atoms with Crippen LogP contribution in [0.3, 0.4) is 0 Å². The van der Waals surface area contributed by atoms with Crippen molar-refractivity contribution in [1.29, 1.82) is 0 Å². The number of hydrogen-bond donors (Lipinski definition) is 2. The summed E-state index contributed by atoms with van der Waals surface area (Å²) in [6, 6.07) is 14.8. The molecule has 0 saturated carbocycles. The van der Waals surface area contributed by atoms with Crippen LogP contribution in [0.5, 0.6) is 5.75 Å². The lowest BCUT2D eigenvalue weighted by atomic mass is 10.1. The third-order valence-corrected chi connectivity index (χ3v) is 5.74. The van der Waals surface area contributed by atoms with Crippen molar-refractivity contribution < 1.29 is 13.2 Å². The van der Waals surface area contributed by atoms with Crippen molar-refractivity contribution in [2.45, 2.75) is 11.8 Å². The molecule has 0 bridgehead atoms. The average Bonchev–Trinajstić information content (AvgIpc) is 2.73. The minimum atomic E-state index is -3.71. The second-order valence-electron chi connectivity index (χ2n) is 6.02. The van der Waals surface area contributed by atoms with Gasteiger partial charge in [0.1, 0.15) is 5.75 Å². The van der Waals surface area contributed by atoms with Crippen molar-refractivity contribution >= 4 is 38.7 Å². The van der Waals surface area contributed by atoms with E-state index >= 15 is 0 Å². The number of rotatable bonds is 7. The Hall–Kier alpha value is -3.10. The largest absolute Gasteiger partial charge is 0.497 e. The number of anilines is 2. The lowest BCUT2D eigenvalue weighted by Crippen LogP contribution is -2.13. The second kappa shape index (κ2) is 8.93. The molecule has 29 heavy (non-hydrogen) atoms. The molecule has 0 unspecified atom stereocenters. The molecule has 7 nitrogen and oxygen atoms in total. The van der Waals surface area contributed by atoms with Crippen LogP contribution >= 0.6 is 11.6 Å². The minimum absolute atomic E-state index is 0.148. The molecule has 0 spiro atoms. The van der Waals surface area contributed by atoms with E-state index in [4.69, 9.17) is 16.3 Å². The van der Waals surface area contributed by atoms with E-state index in [1.807, 2.05) is 0 Å². The molecule has 1 heterocycles. The Labute approximate surface area is 174 Å². The molecule has 3 rings (SSSR count). The number of pyridine rings is 1. The van der Waals surface area contributed by atoms with Gasteiger partial charge in [-0.05, 0) is 55.0 Å². The first-order chi connectivity index (χ1) is 13.9. The Bertz CT molecular complexity index is 1120. The van der Waals surface area contributed by atoms with Crippen LogP contribution in [0.25, 0.3) is 0 Å². The van der Waals surface area contributed by atoms with E-state index in [0.717, 1.165) is 5.56 Å². The topological polar surface area (TPSA) is 92.7 Å². The van der Waals surface area contributed by atoms with Crippen LogP contribution in [-0.4, -0.2) is 26.2 Å². The summed E-state index contributed by atoms with van der Waals surface area (Å²) in [5.74, 6) is 0.647. The summed E-state index contributed by atoms with van der Waals surface area (Å²) in [6.45, 7) is 1.81. The Morgan fingerprint density at radius 3 is 2.38 bits per heavy atom. The lowest BCUT2D eigenvalue weighted by Gasteiger charge is -2.10. The van der Waals surface area contributed by atoms with Crippen LogP contribution in [-0.2, 0) is 10.0 Å². The highest BCUT2D eigenvalue weighted by Gasteiger charge is 2.14. The van der Waals surface area contributed by atoms with Gasteiger partial charge < -0.3 is 4.74 Å². The van der Waals surface area contributed by atoms with Gasteiger partial charge in [-0.3, -0.25) is 15.1 Å². The SMILES string of the molecule is COc1ccc(NS(=O)(=O)c2ccc(/C(C)=N/Nc3ccncc3Cl)cc2)cc1. The highest BCUT2D eigenvalue weighted by molar-refractivity contribution is 7.92. The fourth-order valence-corrected chi connectivity index (χ4v) is 3.64. The molecule has 0 aliphatic heterocycles. The molecule has 0 aliphatic carbocycles. The molecular formula is C20H19ClN4O3S. The van der Waals surface area contributed by atoms with Crippen LogP contribution in [0, 0.1) is 0 Å². The summed E-state index contributed by atoms with van der Waals surface area (Å²) in [6.07, 6.45) is 3.12. The van der Waals surface area contributed by atoms with Gasteiger partial charge in [0.2, 0.25) is 0 Å². The molecular weight excluding hydrogens is 412 g/mol. The van der Waals surface area contributed by atoms with E-state index in [1.165, 1.54) is 18.3 Å². The normalized spacial score (nSPS) is 11.8. The number of hydrogen-bond acceptors (Lipinski definition) is 6. The summed E-state index contributed by atoms with van der Waals surface area (Å²) in [5, 5.41) is 4.73. The van der Waals surface area contributed by atoms with E-state index in [-0.39, 0.29) is 4.90 Å². The van der Waals surface area contributed by atoms with Crippen LogP contribution < -0.4 is 14.9 Å². The molecule has 0 saturated heterocycles. The number of nitrogens with one attached hydrogen (secondary N) is 2. The monoisotopic (exact) mass is 430 g/mol. The third-order valence-electron chi connectivity index (χ3n) is 4.04. The Kier molecular flexibility index (Phi) is 6.36. The molecule has 0 atom stereocenters. The van der Waals surface area contributed by atoms with Crippen molar-refractivity contribution in [2.24, 2.45) is 5.10 Å². The summed E-state index contributed by atoms with van der Waals surface area (Å²) in [5.41, 5.74) is 5.39. The molecule has 9 heteroatoms. The molecule has 0 amide bonds. The Balaban J connectivity index is 1.72. The van der Waals surface area contributed by atoms with Crippen LogP contribution in [0.2, 0.25) is 5.02 Å². The van der Waals surface area contributed by atoms with Crippen molar-refractivity contribution in [1.82, 2.24) is 4.98 Å². The molecule has 0 radical (unpaired) electrons. The maximum absolute atomic E-state index is 12.6. The molecule has 2 aromatic carbocycles. The number of nitrogens with zero attached hydrogens (tertiary/aromatic N) is 2. The summed E-state index contributed by atoms with van der Waals surface area (Å²) >= 11 is 6.03. The van der Waals surface area contributed by atoms with Crippen LogP contribution in [0.4, 0.5) is 11.4 Å². The van der Waals surface area contributed by atoms with Gasteiger partial charge in [0.05, 0.1) is 28.4 Å². The first-order valence-corrected chi connectivity index (χ1v) is 10.4. The van der Waals surface area contributed by atoms with Gasteiger partial charge in [-0.2, -0.15) is 5.10 Å². The predicted molar refractivity (Wildman–Crippen MR) is 115 cm³/mol. The molecule has 0 aliphatic rings. The summed E-state index contributed by atoms with van der Waals surface area (Å²) in [4.78, 5) is 4.06. The maximum atomic E-state index is 12.6. The summed E-state index contributed by atoms with van der Waals surface area (Å²) in [7, 11) is -2.16. The van der Waals surface area contributed by atoms with Crippen LogP contribution in [0.1, 0.15) is 12.5 Å². The second-order valence-corrected chi connectivity index (χ2v) is 8.11. The number of aromatic nitrogens is 1. The average molecular weight is 431 g/mol. The maximum Gasteiger partial charge on any atom is 0.261 e. The van der Waals surface area contributed by atoms with Crippen molar-refractivity contribution in [3.8, 4) is 5.75 Å². The van der Waals surface area contributed by atoms with Gasteiger partial charge in [-0.25, -0.2) is 8.42 Å². The number of sulfonamides is 1. The first-order valence-electron chi connectivity index (χ1n) is 8.56. The van der Waals surface area contributed by atoms with Gasteiger partial charge >= 0.3 is 0 Å². The molecule has 2 N–H and O–H groups in total. The predicted octanol–water partition coefficient (Wildman–Crippen LogP) is 4.38. The highest BCUT2D eigenvalue weighted by Crippen LogP contribution is 2.21. The van der Waals surface area contributed by atoms with E-state index in [2.05, 4.69) is 20.2 Å². The van der Waals surface area contributed by atoms with Gasteiger partial charge in [-0.1, -0.05) is 23.7 Å². The highest BCUT2D eigenvalue weighted by atomic mass is 35.5. The van der Waals surface area contributed by atoms with E-state index in [0.29, 0.717) is 27.9 Å². The first kappa shape index (κ1) is 20.6. The summed E-state index contributed by atoms with van der Waals surface area (Å²) < 4.78 is 32.8. The fourth-order valence-electron chi connectivity index (χ4n) is 2.42. The number of halogens is 1. The van der Waals surface area contributed by atoms with E-state index < -0.39 is 10.0 Å². The number of benzene rings is 2. The zero-order chi connectivity index (χ0) is 20.9. The Morgan fingerprint density at radius 2 is 1.76 bits per heavy atom. The standard InChI is InChI=1S/C20H19ClN4O3S/c1-14(23-24-20-11-12-22-13-19(20)21)15-3-9-18(10-4-15)29(26,27)25-16-5-7-17(28-2)8-6-16/h3-13,25H,1-2H3,(H,22,24)/b23-14+. The van der Waals surface area contributed by atoms with Crippen molar-refractivity contribution in [2.75, 3.05) is 17.3 Å².